The predicted octanol–water partition coefficient (Wildman–Crippen LogP) is 1.23. The minimum Gasteiger partial charge on any atom is -0.469 e. The van der Waals surface area contributed by atoms with Crippen LogP contribution in [-0.2, 0) is 9.53 Å². The number of carbonyl (C=O) groups is 1. The molecular weight excluding hydrogens is 166 g/mol. The molecule has 74 valence electrons. The van der Waals surface area contributed by atoms with E-state index in [1.807, 2.05) is 6.08 Å². The monoisotopic (exact) mass is 183 g/mol. The second-order valence-electron chi connectivity index (χ2n) is 3.54. The summed E-state index contributed by atoms with van der Waals surface area (Å²) in [6.45, 7) is 0. The Hall–Kier alpha value is -0.830. The van der Waals surface area contributed by atoms with Crippen molar-refractivity contribution in [3.63, 3.8) is 0 Å². The third-order valence-electron chi connectivity index (χ3n) is 2.43. The molecule has 1 aliphatic carbocycles. The fourth-order valence-corrected chi connectivity index (χ4v) is 1.67. The molecule has 13 heavy (non-hydrogen) atoms. The molecule has 0 aromatic carbocycles. The lowest BCUT2D eigenvalue weighted by atomic mass is 10.1. The van der Waals surface area contributed by atoms with Gasteiger partial charge in [-0.15, -0.1) is 0 Å². The smallest absolute Gasteiger partial charge is 0.309 e. The van der Waals surface area contributed by atoms with Crippen LogP contribution < -0.4 is 5.73 Å². The zero-order valence-electron chi connectivity index (χ0n) is 8.03. The SMILES string of the molecule is COC(=O)CC=CC1CCC(N)C1. The first-order valence-corrected chi connectivity index (χ1v) is 4.71. The highest BCUT2D eigenvalue weighted by Gasteiger charge is 2.18. The largest absolute Gasteiger partial charge is 0.469 e. The van der Waals surface area contributed by atoms with Gasteiger partial charge in [0.15, 0.2) is 0 Å². The Kier molecular flexibility index (Phi) is 3.96. The van der Waals surface area contributed by atoms with Gasteiger partial charge in [0.1, 0.15) is 0 Å². The van der Waals surface area contributed by atoms with Crippen molar-refractivity contribution in [2.24, 2.45) is 11.7 Å². The van der Waals surface area contributed by atoms with Crippen molar-refractivity contribution in [3.8, 4) is 0 Å². The molecule has 0 bridgehead atoms. The Morgan fingerprint density at radius 2 is 2.38 bits per heavy atom. The molecule has 0 saturated heterocycles. The summed E-state index contributed by atoms with van der Waals surface area (Å²) in [4.78, 5) is 10.8. The topological polar surface area (TPSA) is 52.3 Å². The molecule has 0 radical (unpaired) electrons. The summed E-state index contributed by atoms with van der Waals surface area (Å²) in [7, 11) is 1.40. The zero-order chi connectivity index (χ0) is 9.68. The van der Waals surface area contributed by atoms with Gasteiger partial charge in [-0.2, -0.15) is 0 Å². The zero-order valence-corrected chi connectivity index (χ0v) is 8.03. The number of ether oxygens (including phenoxy) is 1. The van der Waals surface area contributed by atoms with Crippen LogP contribution in [0.25, 0.3) is 0 Å². The summed E-state index contributed by atoms with van der Waals surface area (Å²) < 4.78 is 4.52. The maximum Gasteiger partial charge on any atom is 0.309 e. The van der Waals surface area contributed by atoms with Gasteiger partial charge in [0.05, 0.1) is 13.5 Å². The Morgan fingerprint density at radius 1 is 1.62 bits per heavy atom. The number of nitrogens with two attached hydrogens (primary N) is 1. The third-order valence-corrected chi connectivity index (χ3v) is 2.43. The average molecular weight is 183 g/mol. The van der Waals surface area contributed by atoms with Crippen molar-refractivity contribution in [2.75, 3.05) is 7.11 Å². The molecule has 2 unspecified atom stereocenters. The first-order chi connectivity index (χ1) is 6.22. The van der Waals surface area contributed by atoms with Crippen LogP contribution in [-0.4, -0.2) is 19.1 Å². The molecule has 3 nitrogen and oxygen atoms in total. The van der Waals surface area contributed by atoms with Gasteiger partial charge in [-0.1, -0.05) is 12.2 Å². The quantitative estimate of drug-likeness (QED) is 0.529. The van der Waals surface area contributed by atoms with Crippen LogP contribution >= 0.6 is 0 Å². The fraction of sp³-hybridized carbons (Fsp3) is 0.700. The van der Waals surface area contributed by atoms with Crippen molar-refractivity contribution in [3.05, 3.63) is 12.2 Å². The van der Waals surface area contributed by atoms with Gasteiger partial charge >= 0.3 is 5.97 Å². The van der Waals surface area contributed by atoms with E-state index in [0.717, 1.165) is 19.3 Å². The Morgan fingerprint density at radius 3 is 2.92 bits per heavy atom. The molecule has 2 atom stereocenters. The predicted molar refractivity (Wildman–Crippen MR) is 51.1 cm³/mol. The lowest BCUT2D eigenvalue weighted by molar-refractivity contribution is -0.139. The average Bonchev–Trinajstić information content (AvgIpc) is 2.51. The van der Waals surface area contributed by atoms with Gasteiger partial charge in [0, 0.05) is 6.04 Å². The van der Waals surface area contributed by atoms with E-state index < -0.39 is 0 Å². The first-order valence-electron chi connectivity index (χ1n) is 4.71. The summed E-state index contributed by atoms with van der Waals surface area (Å²) in [6, 6.07) is 0.354. The Bertz CT molecular complexity index is 201. The normalized spacial score (nSPS) is 28.2. The molecule has 0 aromatic heterocycles. The molecule has 0 aliphatic heterocycles. The van der Waals surface area contributed by atoms with Crippen LogP contribution in [0.5, 0.6) is 0 Å². The number of carbonyl (C=O) groups excluding carboxylic acids is 1. The molecular formula is C10H17NO2. The maximum atomic E-state index is 10.8. The molecule has 1 aliphatic rings. The van der Waals surface area contributed by atoms with Crippen LogP contribution in [0.3, 0.4) is 0 Å². The van der Waals surface area contributed by atoms with E-state index in [0.29, 0.717) is 18.4 Å². The standard InChI is InChI=1S/C10H17NO2/c1-13-10(12)4-2-3-8-5-6-9(11)7-8/h2-3,8-9H,4-7,11H2,1H3. The van der Waals surface area contributed by atoms with E-state index in [1.54, 1.807) is 0 Å². The first kappa shape index (κ1) is 10.3. The van der Waals surface area contributed by atoms with E-state index in [9.17, 15) is 4.79 Å². The molecule has 0 amide bonds. The number of esters is 1. The Balaban J connectivity index is 2.20. The summed E-state index contributed by atoms with van der Waals surface area (Å²) in [6.07, 6.45) is 7.66. The van der Waals surface area contributed by atoms with Gasteiger partial charge in [0.25, 0.3) is 0 Å². The lowest BCUT2D eigenvalue weighted by Crippen LogP contribution is -2.14. The molecule has 0 spiro atoms. The highest BCUT2D eigenvalue weighted by atomic mass is 16.5. The van der Waals surface area contributed by atoms with Crippen LogP contribution in [0.2, 0.25) is 0 Å². The maximum absolute atomic E-state index is 10.8. The van der Waals surface area contributed by atoms with Crippen LogP contribution in [0.1, 0.15) is 25.7 Å². The van der Waals surface area contributed by atoms with Gasteiger partial charge in [-0.25, -0.2) is 0 Å². The molecule has 1 fully saturated rings. The number of allylic oxidation sites excluding steroid dienone is 1. The van der Waals surface area contributed by atoms with E-state index in [4.69, 9.17) is 5.73 Å². The van der Waals surface area contributed by atoms with Crippen LogP contribution in [0.4, 0.5) is 0 Å². The van der Waals surface area contributed by atoms with Crippen molar-refractivity contribution >= 4 is 5.97 Å². The highest BCUT2D eigenvalue weighted by molar-refractivity contribution is 5.70. The number of rotatable bonds is 3. The summed E-state index contributed by atoms with van der Waals surface area (Å²) in [5, 5.41) is 0. The highest BCUT2D eigenvalue weighted by Crippen LogP contribution is 2.25. The van der Waals surface area contributed by atoms with Gasteiger partial charge < -0.3 is 10.5 Å². The van der Waals surface area contributed by atoms with Crippen molar-refractivity contribution < 1.29 is 9.53 Å². The molecule has 0 aromatic rings. The second kappa shape index (κ2) is 5.02. The van der Waals surface area contributed by atoms with Gasteiger partial charge in [0.2, 0.25) is 0 Å². The van der Waals surface area contributed by atoms with Gasteiger partial charge in [-0.05, 0) is 25.2 Å². The number of hydrogen-bond acceptors (Lipinski definition) is 3. The molecule has 0 heterocycles. The molecule has 1 rings (SSSR count). The minimum atomic E-state index is -0.182. The molecule has 2 N–H and O–H groups in total. The van der Waals surface area contributed by atoms with Crippen molar-refractivity contribution in [2.45, 2.75) is 31.7 Å². The summed E-state index contributed by atoms with van der Waals surface area (Å²) in [5.41, 5.74) is 5.76. The molecule has 3 heteroatoms. The van der Waals surface area contributed by atoms with E-state index in [-0.39, 0.29) is 5.97 Å². The lowest BCUT2D eigenvalue weighted by Gasteiger charge is -2.01. The van der Waals surface area contributed by atoms with Crippen LogP contribution in [0.15, 0.2) is 12.2 Å². The van der Waals surface area contributed by atoms with E-state index in [2.05, 4.69) is 10.8 Å². The van der Waals surface area contributed by atoms with E-state index >= 15 is 0 Å². The summed E-state index contributed by atoms with van der Waals surface area (Å²) >= 11 is 0. The number of hydrogen-bond donors (Lipinski definition) is 1. The van der Waals surface area contributed by atoms with E-state index in [1.165, 1.54) is 7.11 Å². The number of methoxy groups -OCH3 is 1. The minimum absolute atomic E-state index is 0.182. The van der Waals surface area contributed by atoms with Crippen molar-refractivity contribution in [1.29, 1.82) is 0 Å². The Labute approximate surface area is 78.9 Å². The second-order valence-corrected chi connectivity index (χ2v) is 3.54. The molecule has 1 saturated carbocycles. The fourth-order valence-electron chi connectivity index (χ4n) is 1.67. The third kappa shape index (κ3) is 3.59. The van der Waals surface area contributed by atoms with Gasteiger partial charge in [-0.3, -0.25) is 4.79 Å². The van der Waals surface area contributed by atoms with Crippen LogP contribution in [0, 0.1) is 5.92 Å². The summed E-state index contributed by atoms with van der Waals surface area (Å²) in [5.74, 6) is 0.387. The van der Waals surface area contributed by atoms with Crippen molar-refractivity contribution in [1.82, 2.24) is 0 Å².